The molecule has 0 radical (unpaired) electrons. The van der Waals surface area contributed by atoms with Crippen LogP contribution >= 0.6 is 0 Å². The van der Waals surface area contributed by atoms with Gasteiger partial charge < -0.3 is 15.5 Å². The molecule has 2 aromatic rings. The van der Waals surface area contributed by atoms with E-state index < -0.39 is 11.9 Å². The molecule has 0 bridgehead atoms. The lowest BCUT2D eigenvalue weighted by atomic mass is 10.1. The third-order valence-electron chi connectivity index (χ3n) is 5.01. The second-order valence-corrected chi connectivity index (χ2v) is 7.54. The number of fused-ring (bicyclic) bond motifs is 1. The van der Waals surface area contributed by atoms with Crippen LogP contribution in [0, 0.1) is 20.8 Å². The maximum absolute atomic E-state index is 12.5. The SMILES string of the molecule is Cc1cc(C)c(NC(=O)CN(C)C(=O)Nc2ccc3c(c2)C(=O)N(C)C3=O)c(C)c1. The lowest BCUT2D eigenvalue weighted by Gasteiger charge is -2.19. The summed E-state index contributed by atoms with van der Waals surface area (Å²) in [7, 11) is 2.91. The molecule has 30 heavy (non-hydrogen) atoms. The van der Waals surface area contributed by atoms with Gasteiger partial charge in [-0.15, -0.1) is 0 Å². The summed E-state index contributed by atoms with van der Waals surface area (Å²) in [6, 6.07) is 7.97. The highest BCUT2D eigenvalue weighted by atomic mass is 16.2. The summed E-state index contributed by atoms with van der Waals surface area (Å²) in [6.07, 6.45) is 0. The van der Waals surface area contributed by atoms with Gasteiger partial charge in [0.15, 0.2) is 0 Å². The Labute approximate surface area is 174 Å². The van der Waals surface area contributed by atoms with E-state index in [1.54, 1.807) is 6.07 Å². The number of carbonyl (C=O) groups is 4. The van der Waals surface area contributed by atoms with Crippen LogP contribution in [-0.2, 0) is 4.79 Å². The minimum atomic E-state index is -0.507. The lowest BCUT2D eigenvalue weighted by molar-refractivity contribution is -0.116. The monoisotopic (exact) mass is 408 g/mol. The van der Waals surface area contributed by atoms with E-state index in [1.807, 2.05) is 32.9 Å². The van der Waals surface area contributed by atoms with Gasteiger partial charge in [0, 0.05) is 25.5 Å². The molecule has 2 N–H and O–H groups in total. The summed E-state index contributed by atoms with van der Waals surface area (Å²) in [5.74, 6) is -1.11. The fourth-order valence-electron chi connectivity index (χ4n) is 3.50. The number of aryl methyl sites for hydroxylation is 3. The third-order valence-corrected chi connectivity index (χ3v) is 5.01. The van der Waals surface area contributed by atoms with E-state index in [0.717, 1.165) is 27.3 Å². The zero-order chi connectivity index (χ0) is 22.2. The predicted molar refractivity (Wildman–Crippen MR) is 114 cm³/mol. The molecule has 0 aliphatic carbocycles. The number of urea groups is 1. The minimum absolute atomic E-state index is 0.149. The van der Waals surface area contributed by atoms with Gasteiger partial charge in [-0.3, -0.25) is 19.3 Å². The molecule has 0 saturated carbocycles. The minimum Gasteiger partial charge on any atom is -0.324 e. The average molecular weight is 408 g/mol. The van der Waals surface area contributed by atoms with E-state index in [9.17, 15) is 19.2 Å². The Hall–Kier alpha value is -3.68. The van der Waals surface area contributed by atoms with Gasteiger partial charge in [0.25, 0.3) is 11.8 Å². The maximum atomic E-state index is 12.5. The third kappa shape index (κ3) is 4.03. The molecule has 156 valence electrons. The van der Waals surface area contributed by atoms with Crippen molar-refractivity contribution in [1.29, 1.82) is 0 Å². The van der Waals surface area contributed by atoms with Crippen molar-refractivity contribution in [3.63, 3.8) is 0 Å². The summed E-state index contributed by atoms with van der Waals surface area (Å²) in [6.45, 7) is 5.68. The number of hydrogen-bond acceptors (Lipinski definition) is 4. The van der Waals surface area contributed by atoms with E-state index in [4.69, 9.17) is 0 Å². The Morgan fingerprint density at radius 1 is 0.933 bits per heavy atom. The van der Waals surface area contributed by atoms with Crippen molar-refractivity contribution in [2.75, 3.05) is 31.3 Å². The number of likely N-dealkylation sites (N-methyl/N-ethyl adjacent to an activating group) is 1. The molecular formula is C22H24N4O4. The number of amides is 5. The molecule has 0 fully saturated rings. The average Bonchev–Trinajstić information content (AvgIpc) is 2.88. The fourth-order valence-corrected chi connectivity index (χ4v) is 3.50. The summed E-state index contributed by atoms with van der Waals surface area (Å²) in [5.41, 5.74) is 4.67. The molecule has 0 saturated heterocycles. The van der Waals surface area contributed by atoms with Gasteiger partial charge in [-0.2, -0.15) is 0 Å². The van der Waals surface area contributed by atoms with Gasteiger partial charge in [0.2, 0.25) is 5.91 Å². The van der Waals surface area contributed by atoms with Crippen LogP contribution in [-0.4, -0.2) is 54.2 Å². The van der Waals surface area contributed by atoms with E-state index in [-0.39, 0.29) is 23.9 Å². The first-order valence-corrected chi connectivity index (χ1v) is 9.44. The number of hydrogen-bond donors (Lipinski definition) is 2. The zero-order valence-corrected chi connectivity index (χ0v) is 17.6. The highest BCUT2D eigenvalue weighted by Crippen LogP contribution is 2.25. The molecule has 8 heteroatoms. The zero-order valence-electron chi connectivity index (χ0n) is 17.6. The largest absolute Gasteiger partial charge is 0.324 e. The van der Waals surface area contributed by atoms with Gasteiger partial charge in [-0.1, -0.05) is 17.7 Å². The Morgan fingerprint density at radius 2 is 1.53 bits per heavy atom. The van der Waals surface area contributed by atoms with Crippen LogP contribution in [0.3, 0.4) is 0 Å². The lowest BCUT2D eigenvalue weighted by Crippen LogP contribution is -2.37. The quantitative estimate of drug-likeness (QED) is 0.760. The maximum Gasteiger partial charge on any atom is 0.322 e. The highest BCUT2D eigenvalue weighted by molar-refractivity contribution is 6.21. The predicted octanol–water partition coefficient (Wildman–Crippen LogP) is 2.94. The van der Waals surface area contributed by atoms with Crippen molar-refractivity contribution in [3.05, 3.63) is 58.1 Å². The molecule has 3 rings (SSSR count). The van der Waals surface area contributed by atoms with Crippen molar-refractivity contribution in [1.82, 2.24) is 9.80 Å². The second kappa shape index (κ2) is 7.98. The van der Waals surface area contributed by atoms with Crippen molar-refractivity contribution in [2.45, 2.75) is 20.8 Å². The van der Waals surface area contributed by atoms with E-state index in [2.05, 4.69) is 10.6 Å². The normalized spacial score (nSPS) is 12.6. The van der Waals surface area contributed by atoms with Crippen LogP contribution in [0.4, 0.5) is 16.2 Å². The van der Waals surface area contributed by atoms with Crippen molar-refractivity contribution in [3.8, 4) is 0 Å². The number of benzene rings is 2. The van der Waals surface area contributed by atoms with Gasteiger partial charge in [0.05, 0.1) is 11.1 Å². The number of rotatable bonds is 4. The van der Waals surface area contributed by atoms with Gasteiger partial charge in [-0.05, 0) is 50.1 Å². The molecule has 0 atom stereocenters. The second-order valence-electron chi connectivity index (χ2n) is 7.54. The van der Waals surface area contributed by atoms with Crippen molar-refractivity contribution in [2.24, 2.45) is 0 Å². The molecule has 1 heterocycles. The Bertz CT molecular complexity index is 1050. The van der Waals surface area contributed by atoms with Crippen LogP contribution in [0.1, 0.15) is 37.4 Å². The fraction of sp³-hybridized carbons (Fsp3) is 0.273. The van der Waals surface area contributed by atoms with Gasteiger partial charge >= 0.3 is 6.03 Å². The smallest absolute Gasteiger partial charge is 0.322 e. The molecule has 1 aliphatic heterocycles. The molecule has 2 aromatic carbocycles. The van der Waals surface area contributed by atoms with Crippen molar-refractivity contribution >= 4 is 35.1 Å². The number of nitrogens with zero attached hydrogens (tertiary/aromatic N) is 2. The molecule has 5 amide bonds. The van der Waals surface area contributed by atoms with Crippen molar-refractivity contribution < 1.29 is 19.2 Å². The highest BCUT2D eigenvalue weighted by Gasteiger charge is 2.32. The number of nitrogens with one attached hydrogen (secondary N) is 2. The van der Waals surface area contributed by atoms with E-state index in [1.165, 1.54) is 31.1 Å². The van der Waals surface area contributed by atoms with Gasteiger partial charge in [0.1, 0.15) is 6.54 Å². The Balaban J connectivity index is 1.64. The molecule has 0 spiro atoms. The molecule has 1 aliphatic rings. The Kier molecular flexibility index (Phi) is 5.60. The molecule has 8 nitrogen and oxygen atoms in total. The topological polar surface area (TPSA) is 98.8 Å². The summed E-state index contributed by atoms with van der Waals surface area (Å²) < 4.78 is 0. The first kappa shape index (κ1) is 21.0. The van der Waals surface area contributed by atoms with Crippen LogP contribution in [0.25, 0.3) is 0 Å². The van der Waals surface area contributed by atoms with E-state index >= 15 is 0 Å². The first-order chi connectivity index (χ1) is 14.1. The Morgan fingerprint density at radius 3 is 2.17 bits per heavy atom. The van der Waals surface area contributed by atoms with Crippen LogP contribution in [0.2, 0.25) is 0 Å². The number of carbonyl (C=O) groups excluding carboxylic acids is 4. The van der Waals surface area contributed by atoms with Crippen LogP contribution in [0.15, 0.2) is 30.3 Å². The van der Waals surface area contributed by atoms with E-state index in [0.29, 0.717) is 11.3 Å². The summed E-state index contributed by atoms with van der Waals surface area (Å²) in [4.78, 5) is 51.2. The molecule has 0 unspecified atom stereocenters. The van der Waals surface area contributed by atoms with Crippen LogP contribution < -0.4 is 10.6 Å². The molecular weight excluding hydrogens is 384 g/mol. The van der Waals surface area contributed by atoms with Gasteiger partial charge in [-0.25, -0.2) is 4.79 Å². The first-order valence-electron chi connectivity index (χ1n) is 9.44. The number of anilines is 2. The summed E-state index contributed by atoms with van der Waals surface area (Å²) in [5, 5.41) is 5.50. The standard InChI is InChI=1S/C22H24N4O4/c1-12-8-13(2)19(14(3)9-12)24-18(27)11-25(4)22(30)23-15-6-7-16-17(10-15)21(29)26(5)20(16)28/h6-10H,11H2,1-5H3,(H,23,30)(H,24,27). The van der Waals surface area contributed by atoms with Crippen LogP contribution in [0.5, 0.6) is 0 Å². The summed E-state index contributed by atoms with van der Waals surface area (Å²) >= 11 is 0. The molecule has 0 aromatic heterocycles. The number of imide groups is 1.